The first-order valence-corrected chi connectivity index (χ1v) is 19.4. The quantitative estimate of drug-likeness (QED) is 0.121. The van der Waals surface area contributed by atoms with Gasteiger partial charge in [-0.2, -0.15) is 0 Å². The van der Waals surface area contributed by atoms with Crippen LogP contribution in [-0.2, 0) is 25.5 Å². The Hall–Kier alpha value is -2.05. The number of carbonyl (C=O) groups excluding carboxylic acids is 2. The van der Waals surface area contributed by atoms with Crippen LogP contribution < -0.4 is 0 Å². The van der Waals surface area contributed by atoms with E-state index in [4.69, 9.17) is 9.47 Å². The van der Waals surface area contributed by atoms with Crippen molar-refractivity contribution in [2.75, 3.05) is 12.9 Å². The summed E-state index contributed by atoms with van der Waals surface area (Å²) in [5, 5.41) is 0. The fraction of sp³-hybridized carbons (Fsp3) is 0.576. The van der Waals surface area contributed by atoms with Gasteiger partial charge in [0.25, 0.3) is 0 Å². The fourth-order valence-electron chi connectivity index (χ4n) is 4.41. The van der Waals surface area contributed by atoms with Gasteiger partial charge in [-0.3, -0.25) is 9.59 Å². The molecule has 2 atom stereocenters. The maximum atomic E-state index is 13.3. The zero-order chi connectivity index (χ0) is 29.1. The van der Waals surface area contributed by atoms with E-state index in [2.05, 4.69) is 81.4 Å². The van der Waals surface area contributed by atoms with Crippen molar-refractivity contribution in [3.05, 3.63) is 54.1 Å². The summed E-state index contributed by atoms with van der Waals surface area (Å²) in [6.07, 6.45) is 6.62. The van der Waals surface area contributed by atoms with E-state index in [-0.39, 0.29) is 23.8 Å². The van der Waals surface area contributed by atoms with Gasteiger partial charge in [0.1, 0.15) is 5.60 Å². The second-order valence-electron chi connectivity index (χ2n) is 12.7. The molecule has 0 radical (unpaired) electrons. The lowest BCUT2D eigenvalue weighted by Gasteiger charge is -2.26. The molecule has 0 aliphatic rings. The normalized spacial score (nSPS) is 13.5. The summed E-state index contributed by atoms with van der Waals surface area (Å²) in [5.41, 5.74) is 3.01. The number of esters is 2. The zero-order valence-electron chi connectivity index (χ0n) is 25.5. The minimum absolute atomic E-state index is 0.177. The van der Waals surface area contributed by atoms with Crippen molar-refractivity contribution in [2.45, 2.75) is 102 Å². The van der Waals surface area contributed by atoms with Crippen molar-refractivity contribution in [1.82, 2.24) is 0 Å². The third-order valence-corrected chi connectivity index (χ3v) is 9.25. The van der Waals surface area contributed by atoms with Crippen LogP contribution in [-0.4, -0.2) is 38.5 Å². The molecule has 39 heavy (non-hydrogen) atoms. The van der Waals surface area contributed by atoms with Crippen LogP contribution in [0.25, 0.3) is 11.1 Å². The molecule has 0 unspecified atom stereocenters. The van der Waals surface area contributed by atoms with E-state index < -0.39 is 13.7 Å². The molecular weight excluding hydrogens is 521 g/mol. The van der Waals surface area contributed by atoms with Gasteiger partial charge in [0.05, 0.1) is 18.4 Å². The fourth-order valence-corrected chi connectivity index (χ4v) is 5.53. The van der Waals surface area contributed by atoms with Gasteiger partial charge in [0.2, 0.25) is 0 Å². The summed E-state index contributed by atoms with van der Waals surface area (Å²) in [5.74, 6) is -1.01. The second-order valence-corrected chi connectivity index (χ2v) is 19.2. The molecule has 6 heteroatoms. The maximum absolute atomic E-state index is 13.3. The highest BCUT2D eigenvalue weighted by Crippen LogP contribution is 2.28. The van der Waals surface area contributed by atoms with E-state index in [0.29, 0.717) is 19.4 Å². The predicted octanol–water partition coefficient (Wildman–Crippen LogP) is 9.04. The summed E-state index contributed by atoms with van der Waals surface area (Å²) in [7, 11) is -1.32. The Morgan fingerprint density at radius 3 is 1.95 bits per heavy atom. The lowest BCUT2D eigenvalue weighted by atomic mass is 9.86. The lowest BCUT2D eigenvalue weighted by molar-refractivity contribution is -0.162. The largest absolute Gasteiger partial charge is 0.466 e. The predicted molar refractivity (Wildman–Crippen MR) is 168 cm³/mol. The molecule has 0 saturated heterocycles. The minimum atomic E-state index is -1.32. The Kier molecular flexibility index (Phi) is 13.3. The third-order valence-electron chi connectivity index (χ3n) is 6.80. The van der Waals surface area contributed by atoms with Crippen molar-refractivity contribution < 1.29 is 19.1 Å². The van der Waals surface area contributed by atoms with Crippen LogP contribution >= 0.6 is 11.8 Å². The van der Waals surface area contributed by atoms with Crippen molar-refractivity contribution in [3.63, 3.8) is 0 Å². The zero-order valence-corrected chi connectivity index (χ0v) is 27.3. The van der Waals surface area contributed by atoms with Gasteiger partial charge in [-0.05, 0) is 87.6 Å². The molecule has 0 fully saturated rings. The Morgan fingerprint density at radius 2 is 1.44 bits per heavy atom. The van der Waals surface area contributed by atoms with Crippen LogP contribution in [0.15, 0.2) is 53.4 Å². The maximum Gasteiger partial charge on any atom is 0.309 e. The number of rotatable bonds is 15. The van der Waals surface area contributed by atoms with Gasteiger partial charge >= 0.3 is 11.9 Å². The Morgan fingerprint density at radius 1 is 0.872 bits per heavy atom. The number of aryl methyl sites for hydroxylation is 1. The first-order chi connectivity index (χ1) is 18.3. The lowest BCUT2D eigenvalue weighted by Crippen LogP contribution is -2.32. The summed E-state index contributed by atoms with van der Waals surface area (Å²) >= 11 is 1.74. The molecule has 0 heterocycles. The first-order valence-electron chi connectivity index (χ1n) is 14.4. The van der Waals surface area contributed by atoms with Gasteiger partial charge in [-0.15, -0.1) is 11.8 Å². The SMILES string of the molecule is CCCC[C@@H](C[C@H](CCc1ccc(-c2ccc(SC)cc2)cc1)C(=O)OCC[Si](C)(C)C)C(=O)OC(C)(C)C. The molecule has 0 aliphatic heterocycles. The number of ether oxygens (including phenoxy) is 2. The average Bonchev–Trinajstić information content (AvgIpc) is 2.86. The van der Waals surface area contributed by atoms with E-state index in [1.165, 1.54) is 21.6 Å². The van der Waals surface area contributed by atoms with Gasteiger partial charge in [-0.25, -0.2) is 0 Å². The topological polar surface area (TPSA) is 52.6 Å². The minimum Gasteiger partial charge on any atom is -0.466 e. The molecule has 0 amide bonds. The molecule has 2 aromatic rings. The van der Waals surface area contributed by atoms with E-state index in [1.54, 1.807) is 11.8 Å². The number of carbonyl (C=O) groups is 2. The van der Waals surface area contributed by atoms with E-state index >= 15 is 0 Å². The van der Waals surface area contributed by atoms with E-state index in [9.17, 15) is 9.59 Å². The second kappa shape index (κ2) is 15.7. The number of hydrogen-bond acceptors (Lipinski definition) is 5. The Balaban J connectivity index is 2.15. The molecule has 2 rings (SSSR count). The average molecular weight is 571 g/mol. The molecule has 2 aromatic carbocycles. The molecule has 4 nitrogen and oxygen atoms in total. The van der Waals surface area contributed by atoms with Gasteiger partial charge in [0, 0.05) is 13.0 Å². The molecule has 0 saturated carbocycles. The number of unbranched alkanes of at least 4 members (excludes halogenated alkanes) is 1. The first kappa shape index (κ1) is 33.2. The third kappa shape index (κ3) is 12.8. The molecule has 0 bridgehead atoms. The molecule has 0 spiro atoms. The highest BCUT2D eigenvalue weighted by molar-refractivity contribution is 7.98. The highest BCUT2D eigenvalue weighted by Gasteiger charge is 2.31. The van der Waals surface area contributed by atoms with Crippen molar-refractivity contribution in [1.29, 1.82) is 0 Å². The molecule has 0 N–H and O–H groups in total. The Labute approximate surface area is 242 Å². The van der Waals surface area contributed by atoms with Crippen LogP contribution in [0, 0.1) is 11.8 Å². The van der Waals surface area contributed by atoms with Crippen LogP contribution in [0.5, 0.6) is 0 Å². The van der Waals surface area contributed by atoms with Gasteiger partial charge < -0.3 is 9.47 Å². The van der Waals surface area contributed by atoms with Crippen LogP contribution in [0.4, 0.5) is 0 Å². The van der Waals surface area contributed by atoms with Crippen LogP contribution in [0.2, 0.25) is 25.7 Å². The van der Waals surface area contributed by atoms with E-state index in [0.717, 1.165) is 31.7 Å². The van der Waals surface area contributed by atoms with Crippen molar-refractivity contribution in [2.24, 2.45) is 11.8 Å². The molecule has 0 aromatic heterocycles. The monoisotopic (exact) mass is 570 g/mol. The van der Waals surface area contributed by atoms with E-state index in [1.807, 2.05) is 20.8 Å². The van der Waals surface area contributed by atoms with Gasteiger partial charge in [-0.1, -0.05) is 75.8 Å². The highest BCUT2D eigenvalue weighted by atomic mass is 32.2. The summed E-state index contributed by atoms with van der Waals surface area (Å²) < 4.78 is 11.5. The van der Waals surface area contributed by atoms with Crippen LogP contribution in [0.3, 0.4) is 0 Å². The standard InChI is InChI=1S/C33H50O4SSi/c1-9-10-11-28(32(35)37-33(2,3)4)24-29(31(34)36-22-23-39(6,7)8)17-14-25-12-15-26(16-13-25)27-18-20-30(38-5)21-19-27/h12-13,15-16,18-21,28-29H,9-11,14,17,22-24H2,1-8H3/t28-,29-/m0/s1. The summed E-state index contributed by atoms with van der Waals surface area (Å²) in [6, 6.07) is 18.1. The van der Waals surface area contributed by atoms with Crippen LogP contribution in [0.1, 0.15) is 65.4 Å². The van der Waals surface area contributed by atoms with Gasteiger partial charge in [0.15, 0.2) is 0 Å². The smallest absolute Gasteiger partial charge is 0.309 e. The molecule has 216 valence electrons. The summed E-state index contributed by atoms with van der Waals surface area (Å²) in [4.78, 5) is 27.6. The Bertz CT molecular complexity index is 1020. The van der Waals surface area contributed by atoms with Crippen molar-refractivity contribution in [3.8, 4) is 11.1 Å². The number of hydrogen-bond donors (Lipinski definition) is 0. The number of benzene rings is 2. The molecule has 0 aliphatic carbocycles. The summed E-state index contributed by atoms with van der Waals surface area (Å²) in [6.45, 7) is 15.1. The number of thioether (sulfide) groups is 1. The molecular formula is C33H50O4SSi. The van der Waals surface area contributed by atoms with Crippen molar-refractivity contribution >= 4 is 31.8 Å².